The van der Waals surface area contributed by atoms with E-state index in [1.54, 1.807) is 19.1 Å². The maximum Gasteiger partial charge on any atom is 0.290 e. The van der Waals surface area contributed by atoms with Gasteiger partial charge in [0.2, 0.25) is 0 Å². The Balaban J connectivity index is 1.87. The Hall–Kier alpha value is -2.75. The molecular formula is C16H12Cl3N7O2. The van der Waals surface area contributed by atoms with Crippen molar-refractivity contribution in [3.8, 4) is 5.95 Å². The summed E-state index contributed by atoms with van der Waals surface area (Å²) in [6, 6.07) is 4.61. The molecule has 2 N–H and O–H groups in total. The first-order valence-corrected chi connectivity index (χ1v) is 8.89. The number of halogens is 3. The zero-order chi connectivity index (χ0) is 20.4. The van der Waals surface area contributed by atoms with Crippen molar-refractivity contribution >= 4 is 46.9 Å². The maximum atomic E-state index is 12.5. The minimum atomic E-state index is -0.602. The van der Waals surface area contributed by atoms with E-state index in [9.17, 15) is 9.59 Å². The topological polar surface area (TPSA) is 118 Å². The normalized spacial score (nSPS) is 11.2. The first-order chi connectivity index (χ1) is 13.3. The molecule has 0 saturated heterocycles. The van der Waals surface area contributed by atoms with Crippen LogP contribution in [0.4, 0.5) is 0 Å². The van der Waals surface area contributed by atoms with Crippen LogP contribution in [0, 0.1) is 13.8 Å². The molecule has 3 rings (SSSR count). The van der Waals surface area contributed by atoms with Crippen LogP contribution in [0.1, 0.15) is 27.4 Å². The average molecular weight is 441 g/mol. The van der Waals surface area contributed by atoms with E-state index >= 15 is 0 Å². The van der Waals surface area contributed by atoms with Crippen LogP contribution in [0.5, 0.6) is 0 Å². The number of carbonyl (C=O) groups excluding carboxylic acids is 1. The van der Waals surface area contributed by atoms with E-state index < -0.39 is 11.5 Å². The first kappa shape index (κ1) is 20.0. The summed E-state index contributed by atoms with van der Waals surface area (Å²) in [5.41, 5.74) is 3.07. The van der Waals surface area contributed by atoms with Crippen LogP contribution in [-0.4, -0.2) is 37.1 Å². The molecule has 2 aromatic heterocycles. The SMILES string of the molecule is Cc1cc(C(=O)N/N=C\c2c(Cl)ccc(Cl)c2Cl)n(-c2nnc(C)c(=O)[nH]2)n1. The average Bonchev–Trinajstić information content (AvgIpc) is 3.05. The van der Waals surface area contributed by atoms with Gasteiger partial charge in [0.1, 0.15) is 11.4 Å². The summed E-state index contributed by atoms with van der Waals surface area (Å²) in [5, 5.41) is 16.4. The molecule has 0 bridgehead atoms. The Morgan fingerprint density at radius 2 is 1.93 bits per heavy atom. The molecule has 0 aliphatic rings. The van der Waals surface area contributed by atoms with E-state index in [1.165, 1.54) is 19.2 Å². The fourth-order valence-electron chi connectivity index (χ4n) is 2.18. The second kappa shape index (κ2) is 8.09. The molecule has 1 amide bonds. The van der Waals surface area contributed by atoms with Gasteiger partial charge in [0, 0.05) is 5.56 Å². The highest BCUT2D eigenvalue weighted by atomic mass is 35.5. The minimum Gasteiger partial charge on any atom is -0.288 e. The molecule has 9 nitrogen and oxygen atoms in total. The number of hydrogen-bond acceptors (Lipinski definition) is 6. The van der Waals surface area contributed by atoms with Crippen molar-refractivity contribution < 1.29 is 4.79 Å². The van der Waals surface area contributed by atoms with Gasteiger partial charge in [-0.3, -0.25) is 14.6 Å². The van der Waals surface area contributed by atoms with Crippen molar-refractivity contribution in [1.82, 2.24) is 30.4 Å². The highest BCUT2D eigenvalue weighted by molar-refractivity contribution is 6.45. The van der Waals surface area contributed by atoms with Crippen LogP contribution in [0.3, 0.4) is 0 Å². The van der Waals surface area contributed by atoms with E-state index in [4.69, 9.17) is 34.8 Å². The lowest BCUT2D eigenvalue weighted by atomic mass is 10.2. The lowest BCUT2D eigenvalue weighted by Gasteiger charge is -2.05. The van der Waals surface area contributed by atoms with Crippen LogP contribution in [-0.2, 0) is 0 Å². The lowest BCUT2D eigenvalue weighted by Crippen LogP contribution is -2.24. The van der Waals surface area contributed by atoms with Gasteiger partial charge in [-0.25, -0.2) is 5.43 Å². The summed E-state index contributed by atoms with van der Waals surface area (Å²) in [4.78, 5) is 26.8. The Bertz CT molecular complexity index is 1150. The zero-order valence-corrected chi connectivity index (χ0v) is 16.8. The number of nitrogens with one attached hydrogen (secondary N) is 2. The van der Waals surface area contributed by atoms with Gasteiger partial charge in [-0.15, -0.1) is 10.2 Å². The number of benzene rings is 1. The molecule has 144 valence electrons. The van der Waals surface area contributed by atoms with Crippen molar-refractivity contribution in [2.24, 2.45) is 5.10 Å². The number of amides is 1. The third kappa shape index (κ3) is 4.06. The number of H-pyrrole nitrogens is 1. The van der Waals surface area contributed by atoms with Gasteiger partial charge in [0.05, 0.1) is 27.0 Å². The number of nitrogens with zero attached hydrogens (tertiary/aromatic N) is 5. The molecule has 0 fully saturated rings. The third-order valence-corrected chi connectivity index (χ3v) is 4.70. The molecule has 3 aromatic rings. The molecular weight excluding hydrogens is 429 g/mol. The molecule has 0 radical (unpaired) electrons. The summed E-state index contributed by atoms with van der Waals surface area (Å²) in [7, 11) is 0. The predicted molar refractivity (Wildman–Crippen MR) is 106 cm³/mol. The van der Waals surface area contributed by atoms with Gasteiger partial charge in [-0.2, -0.15) is 14.9 Å². The number of rotatable bonds is 4. The van der Waals surface area contributed by atoms with E-state index in [2.05, 4.69) is 30.8 Å². The standard InChI is InChI=1S/C16H12Cl3N7O2/c1-7-5-12(26(25-7)16-21-14(27)8(2)22-24-16)15(28)23-20-6-9-10(17)3-4-11(18)13(9)19/h3-6H,1-2H3,(H,23,28)(H,21,24,27)/b20-6-. The maximum absolute atomic E-state index is 12.5. The summed E-state index contributed by atoms with van der Waals surface area (Å²) in [6.45, 7) is 3.19. The van der Waals surface area contributed by atoms with Crippen LogP contribution in [0.2, 0.25) is 15.1 Å². The van der Waals surface area contributed by atoms with E-state index in [0.717, 1.165) is 4.68 Å². The van der Waals surface area contributed by atoms with Gasteiger partial charge in [0.15, 0.2) is 0 Å². The Labute approximate surface area is 173 Å². The fraction of sp³-hybridized carbons (Fsp3) is 0.125. The summed E-state index contributed by atoms with van der Waals surface area (Å²) in [6.07, 6.45) is 1.27. The van der Waals surface area contributed by atoms with Crippen molar-refractivity contribution in [3.05, 3.63) is 66.3 Å². The number of hydrogen-bond donors (Lipinski definition) is 2. The smallest absolute Gasteiger partial charge is 0.288 e. The third-order valence-electron chi connectivity index (χ3n) is 3.55. The van der Waals surface area contributed by atoms with Gasteiger partial charge >= 0.3 is 0 Å². The summed E-state index contributed by atoms with van der Waals surface area (Å²) >= 11 is 18.1. The summed E-state index contributed by atoms with van der Waals surface area (Å²) < 4.78 is 1.16. The van der Waals surface area contributed by atoms with E-state index in [-0.39, 0.29) is 22.4 Å². The van der Waals surface area contributed by atoms with Gasteiger partial charge in [-0.1, -0.05) is 34.8 Å². The van der Waals surface area contributed by atoms with E-state index in [0.29, 0.717) is 21.3 Å². The minimum absolute atomic E-state index is 0.00115. The monoisotopic (exact) mass is 439 g/mol. The lowest BCUT2D eigenvalue weighted by molar-refractivity contribution is 0.0947. The largest absolute Gasteiger partial charge is 0.290 e. The van der Waals surface area contributed by atoms with Crippen molar-refractivity contribution in [2.75, 3.05) is 0 Å². The molecule has 0 atom stereocenters. The van der Waals surface area contributed by atoms with Gasteiger partial charge in [0.25, 0.3) is 17.4 Å². The van der Waals surface area contributed by atoms with Crippen LogP contribution in [0.15, 0.2) is 28.1 Å². The van der Waals surface area contributed by atoms with Crippen LogP contribution in [0.25, 0.3) is 5.95 Å². The Morgan fingerprint density at radius 3 is 2.64 bits per heavy atom. The highest BCUT2D eigenvalue weighted by Gasteiger charge is 2.17. The quantitative estimate of drug-likeness (QED) is 0.367. The van der Waals surface area contributed by atoms with Crippen molar-refractivity contribution in [2.45, 2.75) is 13.8 Å². The van der Waals surface area contributed by atoms with Gasteiger partial charge < -0.3 is 0 Å². The zero-order valence-electron chi connectivity index (χ0n) is 14.5. The Morgan fingerprint density at radius 1 is 1.21 bits per heavy atom. The number of aryl methyl sites for hydroxylation is 2. The number of aromatic amines is 1. The van der Waals surface area contributed by atoms with Crippen LogP contribution >= 0.6 is 34.8 Å². The van der Waals surface area contributed by atoms with Crippen molar-refractivity contribution in [3.63, 3.8) is 0 Å². The molecule has 0 unspecified atom stereocenters. The predicted octanol–water partition coefficient (Wildman–Crippen LogP) is 2.69. The van der Waals surface area contributed by atoms with Gasteiger partial charge in [-0.05, 0) is 32.0 Å². The number of aromatic nitrogens is 5. The second-order valence-electron chi connectivity index (χ2n) is 5.60. The van der Waals surface area contributed by atoms with Crippen molar-refractivity contribution in [1.29, 1.82) is 0 Å². The molecule has 28 heavy (non-hydrogen) atoms. The molecule has 0 saturated carbocycles. The number of hydrazone groups is 1. The highest BCUT2D eigenvalue weighted by Crippen LogP contribution is 2.29. The first-order valence-electron chi connectivity index (χ1n) is 7.75. The molecule has 0 aliphatic heterocycles. The second-order valence-corrected chi connectivity index (χ2v) is 6.79. The van der Waals surface area contributed by atoms with Crippen LogP contribution < -0.4 is 11.0 Å². The molecule has 2 heterocycles. The van der Waals surface area contributed by atoms with E-state index in [1.807, 2.05) is 0 Å². The number of carbonyl (C=O) groups is 1. The Kier molecular flexibility index (Phi) is 5.78. The summed E-state index contributed by atoms with van der Waals surface area (Å²) in [5.74, 6) is -0.604. The molecule has 0 aliphatic carbocycles. The molecule has 0 spiro atoms. The fourth-order valence-corrected chi connectivity index (χ4v) is 2.81. The molecule has 1 aromatic carbocycles. The molecule has 12 heteroatoms.